The molecular formula is C17H24F2. The van der Waals surface area contributed by atoms with Gasteiger partial charge in [-0.05, 0) is 55.1 Å². The zero-order valence-corrected chi connectivity index (χ0v) is 12.0. The lowest BCUT2D eigenvalue weighted by Crippen LogP contribution is -2.14. The van der Waals surface area contributed by atoms with E-state index in [4.69, 9.17) is 0 Å². The number of benzene rings is 1. The third-order valence-electron chi connectivity index (χ3n) is 4.58. The lowest BCUT2D eigenvalue weighted by Gasteiger charge is -2.28. The fourth-order valence-electron chi connectivity index (χ4n) is 3.26. The van der Waals surface area contributed by atoms with Crippen molar-refractivity contribution < 1.29 is 8.78 Å². The van der Waals surface area contributed by atoms with Crippen LogP contribution in [0.15, 0.2) is 12.1 Å². The van der Waals surface area contributed by atoms with Gasteiger partial charge in [-0.25, -0.2) is 8.78 Å². The van der Waals surface area contributed by atoms with Gasteiger partial charge in [0.2, 0.25) is 0 Å². The van der Waals surface area contributed by atoms with Crippen LogP contribution in [0.5, 0.6) is 0 Å². The van der Waals surface area contributed by atoms with Crippen LogP contribution >= 0.6 is 0 Å². The van der Waals surface area contributed by atoms with Crippen LogP contribution in [-0.4, -0.2) is 0 Å². The highest BCUT2D eigenvalue weighted by molar-refractivity contribution is 5.29. The Balaban J connectivity index is 2.15. The van der Waals surface area contributed by atoms with Crippen molar-refractivity contribution in [1.82, 2.24) is 0 Å². The van der Waals surface area contributed by atoms with Crippen LogP contribution in [0.3, 0.4) is 0 Å². The molecule has 2 heteroatoms. The van der Waals surface area contributed by atoms with Crippen molar-refractivity contribution in [2.75, 3.05) is 0 Å². The molecule has 0 saturated heterocycles. The van der Waals surface area contributed by atoms with Crippen LogP contribution in [-0.2, 0) is 6.42 Å². The van der Waals surface area contributed by atoms with Gasteiger partial charge in [0.1, 0.15) is 0 Å². The van der Waals surface area contributed by atoms with Crippen molar-refractivity contribution in [3.05, 3.63) is 34.9 Å². The lowest BCUT2D eigenvalue weighted by atomic mass is 9.77. The Morgan fingerprint density at radius 2 is 1.68 bits per heavy atom. The second-order valence-corrected chi connectivity index (χ2v) is 5.82. The monoisotopic (exact) mass is 266 g/mol. The van der Waals surface area contributed by atoms with Gasteiger partial charge in [-0.1, -0.05) is 38.8 Å². The summed E-state index contributed by atoms with van der Waals surface area (Å²) in [5, 5.41) is 0. The molecule has 0 aliphatic heterocycles. The Morgan fingerprint density at radius 3 is 2.26 bits per heavy atom. The standard InChI is InChI=1S/C17H24F2/c1-3-5-14-10-11-15(17(19)16(14)18)13-8-6-12(4-2)7-9-13/h10-13H,3-9H2,1-2H3/t12-,13-. The number of hydrogen-bond acceptors (Lipinski definition) is 0. The normalized spacial score (nSPS) is 23.6. The summed E-state index contributed by atoms with van der Waals surface area (Å²) in [4.78, 5) is 0. The van der Waals surface area contributed by atoms with Crippen LogP contribution in [0, 0.1) is 17.6 Å². The Morgan fingerprint density at radius 1 is 1.00 bits per heavy atom. The second kappa shape index (κ2) is 6.49. The van der Waals surface area contributed by atoms with E-state index in [1.54, 1.807) is 6.07 Å². The van der Waals surface area contributed by atoms with Crippen molar-refractivity contribution >= 4 is 0 Å². The maximum Gasteiger partial charge on any atom is 0.162 e. The van der Waals surface area contributed by atoms with E-state index in [0.717, 1.165) is 38.0 Å². The molecule has 0 radical (unpaired) electrons. The minimum atomic E-state index is -0.614. The smallest absolute Gasteiger partial charge is 0.162 e. The van der Waals surface area contributed by atoms with E-state index in [-0.39, 0.29) is 5.92 Å². The lowest BCUT2D eigenvalue weighted by molar-refractivity contribution is 0.312. The molecule has 0 atom stereocenters. The third kappa shape index (κ3) is 3.16. The molecule has 0 spiro atoms. The van der Waals surface area contributed by atoms with Crippen molar-refractivity contribution in [2.45, 2.75) is 64.7 Å². The van der Waals surface area contributed by atoms with Gasteiger partial charge in [-0.3, -0.25) is 0 Å². The fraction of sp³-hybridized carbons (Fsp3) is 0.647. The molecule has 0 amide bonds. The van der Waals surface area contributed by atoms with Crippen molar-refractivity contribution in [2.24, 2.45) is 5.92 Å². The number of rotatable bonds is 4. The predicted octanol–water partition coefficient (Wildman–Crippen LogP) is 5.60. The first-order valence-electron chi connectivity index (χ1n) is 7.64. The molecule has 2 rings (SSSR count). The van der Waals surface area contributed by atoms with Crippen molar-refractivity contribution in [3.63, 3.8) is 0 Å². The fourth-order valence-corrected chi connectivity index (χ4v) is 3.26. The summed E-state index contributed by atoms with van der Waals surface area (Å²) in [6.07, 6.45) is 6.98. The summed E-state index contributed by atoms with van der Waals surface area (Å²) in [6, 6.07) is 3.60. The van der Waals surface area contributed by atoms with Gasteiger partial charge >= 0.3 is 0 Å². The van der Waals surface area contributed by atoms with Gasteiger partial charge in [0.05, 0.1) is 0 Å². The Labute approximate surface area is 115 Å². The number of halogens is 2. The first-order chi connectivity index (χ1) is 9.17. The zero-order valence-electron chi connectivity index (χ0n) is 12.0. The highest BCUT2D eigenvalue weighted by atomic mass is 19.2. The first-order valence-corrected chi connectivity index (χ1v) is 7.64. The van der Waals surface area contributed by atoms with Crippen LogP contribution in [0.2, 0.25) is 0 Å². The SMILES string of the molecule is CCCc1ccc([C@H]2CC[C@H](CC)CC2)c(F)c1F. The topological polar surface area (TPSA) is 0 Å². The summed E-state index contributed by atoms with van der Waals surface area (Å²) >= 11 is 0. The Hall–Kier alpha value is -0.920. The molecule has 0 heterocycles. The van der Waals surface area contributed by atoms with E-state index in [2.05, 4.69) is 6.92 Å². The van der Waals surface area contributed by atoms with Crippen LogP contribution in [0.4, 0.5) is 8.78 Å². The molecule has 1 aromatic carbocycles. The quantitative estimate of drug-likeness (QED) is 0.665. The molecule has 0 unspecified atom stereocenters. The highest BCUT2D eigenvalue weighted by Gasteiger charge is 2.25. The van der Waals surface area contributed by atoms with Crippen LogP contribution in [0.25, 0.3) is 0 Å². The van der Waals surface area contributed by atoms with E-state index >= 15 is 0 Å². The predicted molar refractivity (Wildman–Crippen MR) is 75.3 cm³/mol. The molecule has 106 valence electrons. The maximum atomic E-state index is 14.2. The minimum Gasteiger partial charge on any atom is -0.203 e. The van der Waals surface area contributed by atoms with Crippen LogP contribution in [0.1, 0.15) is 69.4 Å². The average Bonchev–Trinajstić information content (AvgIpc) is 2.45. The van der Waals surface area contributed by atoms with E-state index in [9.17, 15) is 8.78 Å². The molecule has 19 heavy (non-hydrogen) atoms. The first kappa shape index (κ1) is 14.5. The average molecular weight is 266 g/mol. The largest absolute Gasteiger partial charge is 0.203 e. The summed E-state index contributed by atoms with van der Waals surface area (Å²) < 4.78 is 28.1. The summed E-state index contributed by atoms with van der Waals surface area (Å²) in [6.45, 7) is 4.20. The van der Waals surface area contributed by atoms with Crippen LogP contribution < -0.4 is 0 Å². The summed E-state index contributed by atoms with van der Waals surface area (Å²) in [7, 11) is 0. The molecule has 0 bridgehead atoms. The molecule has 0 aromatic heterocycles. The second-order valence-electron chi connectivity index (χ2n) is 5.82. The van der Waals surface area contributed by atoms with Gasteiger partial charge in [0.25, 0.3) is 0 Å². The molecule has 1 aliphatic rings. The van der Waals surface area contributed by atoms with Crippen molar-refractivity contribution in [1.29, 1.82) is 0 Å². The zero-order chi connectivity index (χ0) is 13.8. The van der Waals surface area contributed by atoms with Gasteiger partial charge in [0.15, 0.2) is 11.6 Å². The Kier molecular flexibility index (Phi) is 4.95. The van der Waals surface area contributed by atoms with E-state index in [1.807, 2.05) is 13.0 Å². The van der Waals surface area contributed by atoms with Gasteiger partial charge < -0.3 is 0 Å². The Bertz CT molecular complexity index is 418. The summed E-state index contributed by atoms with van der Waals surface area (Å²) in [5.74, 6) is -0.209. The maximum absolute atomic E-state index is 14.2. The molecule has 1 aromatic rings. The molecule has 0 N–H and O–H groups in total. The van der Waals surface area contributed by atoms with Gasteiger partial charge in [-0.2, -0.15) is 0 Å². The minimum absolute atomic E-state index is 0.216. The molecular weight excluding hydrogens is 242 g/mol. The van der Waals surface area contributed by atoms with E-state index in [0.29, 0.717) is 17.5 Å². The van der Waals surface area contributed by atoms with E-state index < -0.39 is 11.6 Å². The van der Waals surface area contributed by atoms with Gasteiger partial charge in [-0.15, -0.1) is 0 Å². The number of hydrogen-bond donors (Lipinski definition) is 0. The number of aryl methyl sites for hydroxylation is 1. The summed E-state index contributed by atoms with van der Waals surface area (Å²) in [5.41, 5.74) is 1.12. The highest BCUT2D eigenvalue weighted by Crippen LogP contribution is 2.38. The molecule has 1 aliphatic carbocycles. The third-order valence-corrected chi connectivity index (χ3v) is 4.58. The molecule has 0 nitrogen and oxygen atoms in total. The van der Waals surface area contributed by atoms with E-state index in [1.165, 1.54) is 6.42 Å². The van der Waals surface area contributed by atoms with Crippen molar-refractivity contribution in [3.8, 4) is 0 Å². The molecule has 1 saturated carbocycles. The molecule has 1 fully saturated rings. The van der Waals surface area contributed by atoms with Gasteiger partial charge in [0, 0.05) is 0 Å².